The Bertz CT molecular complexity index is 644. The second kappa shape index (κ2) is 5.64. The maximum Gasteiger partial charge on any atom is 0.237 e. The number of nitrogens with zero attached hydrogens (tertiary/aromatic N) is 2. The lowest BCUT2D eigenvalue weighted by molar-refractivity contribution is -0.123. The maximum absolute atomic E-state index is 12.4. The fourth-order valence-corrected chi connectivity index (χ4v) is 4.32. The zero-order valence-corrected chi connectivity index (χ0v) is 13.3. The highest BCUT2D eigenvalue weighted by atomic mass is 32.1. The molecule has 0 unspecified atom stereocenters. The second-order valence-corrected chi connectivity index (χ2v) is 7.30. The zero-order valence-electron chi connectivity index (χ0n) is 12.5. The number of rotatable bonds is 3. The molecule has 2 saturated heterocycles. The van der Waals surface area contributed by atoms with Crippen LogP contribution in [0.5, 0.6) is 0 Å². The molecule has 4 rings (SSSR count). The van der Waals surface area contributed by atoms with E-state index in [0.29, 0.717) is 12.0 Å². The van der Waals surface area contributed by atoms with Crippen molar-refractivity contribution in [1.82, 2.24) is 25.3 Å². The van der Waals surface area contributed by atoms with Gasteiger partial charge in [-0.1, -0.05) is 0 Å². The topological polar surface area (TPSA) is 70.5 Å². The van der Waals surface area contributed by atoms with Crippen LogP contribution in [0.3, 0.4) is 0 Å². The summed E-state index contributed by atoms with van der Waals surface area (Å²) in [5.74, 6) is 0.103. The minimum atomic E-state index is -0.0539. The van der Waals surface area contributed by atoms with E-state index in [4.69, 9.17) is 0 Å². The van der Waals surface area contributed by atoms with Crippen molar-refractivity contribution in [3.8, 4) is 0 Å². The number of hydrogen-bond donors (Lipinski definition) is 3. The largest absolute Gasteiger partial charge is 0.349 e. The Kier molecular flexibility index (Phi) is 3.63. The molecule has 4 heterocycles. The van der Waals surface area contributed by atoms with E-state index in [1.807, 2.05) is 22.2 Å². The van der Waals surface area contributed by atoms with Crippen molar-refractivity contribution in [1.29, 1.82) is 0 Å². The second-order valence-electron chi connectivity index (χ2n) is 6.43. The molecule has 0 radical (unpaired) electrons. The molecule has 2 fully saturated rings. The van der Waals surface area contributed by atoms with Crippen LogP contribution in [0.2, 0.25) is 0 Å². The van der Waals surface area contributed by atoms with Crippen LogP contribution >= 0.6 is 11.3 Å². The number of thiazole rings is 1. The van der Waals surface area contributed by atoms with Gasteiger partial charge in [0.15, 0.2) is 4.96 Å². The lowest BCUT2D eigenvalue weighted by Gasteiger charge is -2.33. The number of nitrogens with one attached hydrogen (secondary N) is 3. The van der Waals surface area contributed by atoms with E-state index >= 15 is 0 Å². The molecule has 0 aliphatic carbocycles. The Morgan fingerprint density at radius 2 is 2.36 bits per heavy atom. The fourth-order valence-electron chi connectivity index (χ4n) is 3.60. The van der Waals surface area contributed by atoms with Crippen LogP contribution in [0.25, 0.3) is 4.96 Å². The third-order valence-corrected chi connectivity index (χ3v) is 5.70. The minimum Gasteiger partial charge on any atom is -0.349 e. The summed E-state index contributed by atoms with van der Waals surface area (Å²) in [4.78, 5) is 17.8. The molecule has 1 atom stereocenters. The average Bonchev–Trinajstić information content (AvgIpc) is 3.20. The summed E-state index contributed by atoms with van der Waals surface area (Å²) in [6, 6.07) is -0.0539. The Hall–Kier alpha value is -1.44. The van der Waals surface area contributed by atoms with Gasteiger partial charge in [-0.15, -0.1) is 11.3 Å². The fraction of sp³-hybridized carbons (Fsp3) is 0.600. The third kappa shape index (κ3) is 2.64. The number of carbonyl (C=O) groups excluding carboxylic acids is 1. The molecule has 2 aliphatic rings. The molecular weight excluding hydrogens is 298 g/mol. The van der Waals surface area contributed by atoms with Gasteiger partial charge in [0.05, 0.1) is 18.3 Å². The zero-order chi connectivity index (χ0) is 15.0. The van der Waals surface area contributed by atoms with Crippen molar-refractivity contribution in [2.75, 3.05) is 19.6 Å². The van der Waals surface area contributed by atoms with Crippen molar-refractivity contribution in [3.05, 3.63) is 23.5 Å². The van der Waals surface area contributed by atoms with Crippen LogP contribution in [0.15, 0.2) is 17.8 Å². The molecular formula is C15H21N5OS. The molecule has 0 aromatic carbocycles. The van der Waals surface area contributed by atoms with Crippen molar-refractivity contribution in [3.63, 3.8) is 0 Å². The highest BCUT2D eigenvalue weighted by Gasteiger charge is 2.41. The quantitative estimate of drug-likeness (QED) is 0.780. The highest BCUT2D eigenvalue weighted by Crippen LogP contribution is 2.37. The summed E-state index contributed by atoms with van der Waals surface area (Å²) in [6.45, 7) is 3.61. The summed E-state index contributed by atoms with van der Waals surface area (Å²) >= 11 is 1.60. The van der Waals surface area contributed by atoms with Gasteiger partial charge in [0.2, 0.25) is 5.91 Å². The van der Waals surface area contributed by atoms with Gasteiger partial charge in [0.25, 0.3) is 0 Å². The molecule has 6 nitrogen and oxygen atoms in total. The number of aromatic nitrogens is 2. The van der Waals surface area contributed by atoms with Crippen LogP contribution in [0.1, 0.15) is 25.0 Å². The predicted octanol–water partition coefficient (Wildman–Crippen LogP) is 0.744. The number of amides is 1. The van der Waals surface area contributed by atoms with Crippen molar-refractivity contribution in [2.24, 2.45) is 5.41 Å². The number of piperidine rings is 1. The number of carbonyl (C=O) groups is 1. The Morgan fingerprint density at radius 1 is 1.50 bits per heavy atom. The van der Waals surface area contributed by atoms with E-state index in [2.05, 4.69) is 20.9 Å². The Balaban J connectivity index is 1.33. The Labute approximate surface area is 133 Å². The minimum absolute atomic E-state index is 0.0539. The summed E-state index contributed by atoms with van der Waals surface area (Å²) in [7, 11) is 0. The monoisotopic (exact) mass is 319 g/mol. The molecule has 7 heteroatoms. The molecule has 22 heavy (non-hydrogen) atoms. The van der Waals surface area contributed by atoms with Gasteiger partial charge >= 0.3 is 0 Å². The first-order chi connectivity index (χ1) is 10.7. The first kappa shape index (κ1) is 14.2. The van der Waals surface area contributed by atoms with Gasteiger partial charge in [-0.3, -0.25) is 9.20 Å². The summed E-state index contributed by atoms with van der Waals surface area (Å²) in [5.41, 5.74) is 1.24. The van der Waals surface area contributed by atoms with Gasteiger partial charge in [-0.2, -0.15) is 0 Å². The molecule has 0 saturated carbocycles. The molecule has 1 spiro atoms. The van der Waals surface area contributed by atoms with Crippen LogP contribution in [0, 0.1) is 5.41 Å². The molecule has 2 aliphatic heterocycles. The smallest absolute Gasteiger partial charge is 0.237 e. The molecule has 1 amide bonds. The van der Waals surface area contributed by atoms with Gasteiger partial charge in [0, 0.05) is 24.3 Å². The van der Waals surface area contributed by atoms with Crippen LogP contribution in [-0.2, 0) is 11.3 Å². The SMILES string of the molecule is O=C(NCc1cn2ccsc2n1)[C@@H]1CC2(CCNCC2)CN1. The average molecular weight is 319 g/mol. The van der Waals surface area contributed by atoms with Crippen LogP contribution < -0.4 is 16.0 Å². The summed E-state index contributed by atoms with van der Waals surface area (Å²) in [5, 5.41) is 11.8. The van der Waals surface area contributed by atoms with E-state index in [0.717, 1.165) is 36.7 Å². The van der Waals surface area contributed by atoms with E-state index in [1.165, 1.54) is 12.8 Å². The van der Waals surface area contributed by atoms with E-state index in [-0.39, 0.29) is 11.9 Å². The van der Waals surface area contributed by atoms with E-state index < -0.39 is 0 Å². The molecule has 0 bridgehead atoms. The standard InChI is InChI=1S/C15H21N5OS/c21-13(12-7-15(10-18-12)1-3-16-4-2-15)17-8-11-9-20-5-6-22-14(20)19-11/h5-6,9,12,16,18H,1-4,7-8,10H2,(H,17,21)/t12-/m0/s1. The van der Waals surface area contributed by atoms with Gasteiger partial charge < -0.3 is 16.0 Å². The molecule has 2 aromatic heterocycles. The van der Waals surface area contributed by atoms with E-state index in [1.54, 1.807) is 11.3 Å². The van der Waals surface area contributed by atoms with Gasteiger partial charge in [0.1, 0.15) is 0 Å². The normalized spacial score (nSPS) is 24.1. The summed E-state index contributed by atoms with van der Waals surface area (Å²) in [6.07, 6.45) is 7.25. The van der Waals surface area contributed by atoms with E-state index in [9.17, 15) is 4.79 Å². The third-order valence-electron chi connectivity index (χ3n) is 4.93. The van der Waals surface area contributed by atoms with Crippen LogP contribution in [0.4, 0.5) is 0 Å². The first-order valence-electron chi connectivity index (χ1n) is 7.87. The molecule has 118 valence electrons. The number of imidazole rings is 1. The van der Waals surface area contributed by atoms with Gasteiger partial charge in [-0.25, -0.2) is 4.98 Å². The van der Waals surface area contributed by atoms with Crippen molar-refractivity contribution in [2.45, 2.75) is 31.8 Å². The molecule has 2 aromatic rings. The lowest BCUT2D eigenvalue weighted by atomic mass is 9.77. The van der Waals surface area contributed by atoms with Crippen LogP contribution in [-0.4, -0.2) is 41.0 Å². The summed E-state index contributed by atoms with van der Waals surface area (Å²) < 4.78 is 1.99. The Morgan fingerprint density at radius 3 is 3.18 bits per heavy atom. The van der Waals surface area contributed by atoms with Gasteiger partial charge in [-0.05, 0) is 37.8 Å². The highest BCUT2D eigenvalue weighted by molar-refractivity contribution is 7.15. The lowest BCUT2D eigenvalue weighted by Crippen LogP contribution is -2.40. The molecule has 3 N–H and O–H groups in total. The predicted molar refractivity (Wildman–Crippen MR) is 85.9 cm³/mol. The number of hydrogen-bond acceptors (Lipinski definition) is 5. The van der Waals surface area contributed by atoms with Crippen molar-refractivity contribution < 1.29 is 4.79 Å². The first-order valence-corrected chi connectivity index (χ1v) is 8.75. The van der Waals surface area contributed by atoms with Crippen molar-refractivity contribution >= 4 is 22.2 Å². The number of fused-ring (bicyclic) bond motifs is 1. The maximum atomic E-state index is 12.4.